The van der Waals surface area contributed by atoms with Crippen molar-refractivity contribution in [2.24, 2.45) is 11.8 Å². The van der Waals surface area contributed by atoms with E-state index in [1.165, 1.54) is 46.2 Å². The number of hydrogen-bond acceptors (Lipinski definition) is 6. The third kappa shape index (κ3) is 6.48. The van der Waals surface area contributed by atoms with E-state index in [1.807, 2.05) is 0 Å². The van der Waals surface area contributed by atoms with Crippen molar-refractivity contribution in [2.75, 3.05) is 14.1 Å². The maximum atomic E-state index is 14.3. The molecule has 9 rings (SSSR count). The van der Waals surface area contributed by atoms with Gasteiger partial charge in [-0.2, -0.15) is 22.7 Å². The largest absolute Gasteiger partial charge is 0.353 e. The van der Waals surface area contributed by atoms with E-state index in [0.717, 1.165) is 51.4 Å². The van der Waals surface area contributed by atoms with Crippen LogP contribution in [0.1, 0.15) is 87.2 Å². The summed E-state index contributed by atoms with van der Waals surface area (Å²) in [7, 11) is 4.46. The molecule has 4 saturated heterocycles. The first-order valence-corrected chi connectivity index (χ1v) is 21.6. The number of nitrogens with zero attached hydrogens (tertiary/aromatic N) is 2. The third-order valence-corrected chi connectivity index (χ3v) is 15.3. The van der Waals surface area contributed by atoms with E-state index in [2.05, 4.69) is 117 Å². The molecule has 1 saturated carbocycles. The van der Waals surface area contributed by atoms with Crippen LogP contribution in [0.2, 0.25) is 0 Å². The van der Waals surface area contributed by atoms with Crippen molar-refractivity contribution < 1.29 is 9.59 Å². The molecule has 8 atom stereocenters. The summed E-state index contributed by atoms with van der Waals surface area (Å²) < 4.78 is 0. The lowest BCUT2D eigenvalue weighted by molar-refractivity contribution is -0.132. The van der Waals surface area contributed by atoms with Gasteiger partial charge in [0.15, 0.2) is 0 Å². The lowest BCUT2D eigenvalue weighted by Gasteiger charge is -2.44. The average molecular weight is 733 g/mol. The van der Waals surface area contributed by atoms with Gasteiger partial charge in [0.25, 0.3) is 0 Å². The molecule has 5 fully saturated rings. The van der Waals surface area contributed by atoms with Crippen LogP contribution in [0, 0.1) is 11.8 Å². The highest BCUT2D eigenvalue weighted by molar-refractivity contribution is 7.08. The Morgan fingerprint density at radius 1 is 0.538 bits per heavy atom. The Bertz CT molecular complexity index is 1700. The van der Waals surface area contributed by atoms with Crippen molar-refractivity contribution in [1.29, 1.82) is 0 Å². The second-order valence-corrected chi connectivity index (χ2v) is 18.1. The van der Waals surface area contributed by atoms with Crippen LogP contribution >= 0.6 is 22.7 Å². The zero-order valence-electron chi connectivity index (χ0n) is 30.5. The van der Waals surface area contributed by atoms with Crippen LogP contribution in [-0.4, -0.2) is 72.0 Å². The molecule has 0 radical (unpaired) electrons. The molecule has 2 amide bonds. The van der Waals surface area contributed by atoms with Crippen molar-refractivity contribution in [1.82, 2.24) is 20.4 Å². The number of fused-ring (bicyclic) bond motifs is 4. The second-order valence-electron chi connectivity index (χ2n) is 16.5. The Labute approximate surface area is 317 Å². The summed E-state index contributed by atoms with van der Waals surface area (Å²) in [5.74, 6) is 0.857. The van der Waals surface area contributed by atoms with Gasteiger partial charge in [0.2, 0.25) is 11.8 Å². The van der Waals surface area contributed by atoms with Crippen LogP contribution in [0.25, 0.3) is 22.3 Å². The molecule has 272 valence electrons. The van der Waals surface area contributed by atoms with Crippen LogP contribution in [0.4, 0.5) is 0 Å². The van der Waals surface area contributed by atoms with E-state index in [4.69, 9.17) is 0 Å². The number of thiophene rings is 2. The first kappa shape index (κ1) is 34.5. The molecule has 6 nitrogen and oxygen atoms in total. The van der Waals surface area contributed by atoms with Crippen LogP contribution in [0.5, 0.6) is 0 Å². The molecule has 5 aliphatic rings. The predicted octanol–water partition coefficient (Wildman–Crippen LogP) is 8.52. The van der Waals surface area contributed by atoms with Crippen molar-refractivity contribution in [3.8, 4) is 22.3 Å². The molecular formula is C44H52N4O2S2. The minimum absolute atomic E-state index is 0.0389. The molecule has 4 aromatic rings. The Hall–Kier alpha value is -3.30. The molecular weight excluding hydrogens is 681 g/mol. The van der Waals surface area contributed by atoms with Crippen molar-refractivity contribution in [3.63, 3.8) is 0 Å². The molecule has 1 aliphatic carbocycles. The maximum absolute atomic E-state index is 14.3. The average Bonchev–Trinajstić information content (AvgIpc) is 3.98. The molecule has 6 heterocycles. The Morgan fingerprint density at radius 2 is 0.942 bits per heavy atom. The van der Waals surface area contributed by atoms with Crippen molar-refractivity contribution >= 4 is 34.5 Å². The second kappa shape index (κ2) is 14.5. The van der Waals surface area contributed by atoms with Gasteiger partial charge in [-0.05, 0) is 157 Å². The first-order chi connectivity index (χ1) is 25.4. The molecule has 2 aromatic carbocycles. The molecule has 2 N–H and O–H groups in total. The van der Waals surface area contributed by atoms with Crippen LogP contribution < -0.4 is 10.6 Å². The minimum Gasteiger partial charge on any atom is -0.353 e. The highest BCUT2D eigenvalue weighted by Crippen LogP contribution is 2.48. The topological polar surface area (TPSA) is 64.7 Å². The molecule has 2 aromatic heterocycles. The number of amides is 2. The lowest BCUT2D eigenvalue weighted by atomic mass is 9.75. The number of hydrogen-bond donors (Lipinski definition) is 2. The number of rotatable bonds is 8. The van der Waals surface area contributed by atoms with E-state index < -0.39 is 0 Å². The molecule has 8 heteroatoms. The zero-order valence-corrected chi connectivity index (χ0v) is 32.1. The lowest BCUT2D eigenvalue weighted by Crippen LogP contribution is -2.55. The number of piperidine rings is 2. The van der Waals surface area contributed by atoms with Gasteiger partial charge in [-0.25, -0.2) is 0 Å². The molecule has 4 aliphatic heterocycles. The standard InChI is InChI=1S/C44H52N4O2S2/c1-47-35-15-17-39(47)41(37(23-35)29-7-3-27(4-8-29)31-19-21-51-25-31)43(49)45-33-11-13-34(14-12-33)46-44(50)42-38(24-36-16-18-40(42)48(36)2)30-9-5-28(6-10-30)32-20-22-52-26-32/h3-10,19-22,25-26,33-42H,11-18,23-24H2,1-2H3,(H,45,49)(H,46,50)/t33?,34?,35?,36?,37-,38-,39?,40?,41-,42+/m1/s1. The summed E-state index contributed by atoms with van der Waals surface area (Å²) in [6, 6.07) is 24.4. The van der Waals surface area contributed by atoms with E-state index in [1.54, 1.807) is 22.7 Å². The normalized spacial score (nSPS) is 33.2. The van der Waals surface area contributed by atoms with Gasteiger partial charge in [0.05, 0.1) is 11.8 Å². The summed E-state index contributed by atoms with van der Waals surface area (Å²) in [5, 5.41) is 15.7. The summed E-state index contributed by atoms with van der Waals surface area (Å²) in [6.07, 6.45) is 10.3. The van der Waals surface area contributed by atoms with Crippen LogP contribution in [-0.2, 0) is 9.59 Å². The highest BCUT2D eigenvalue weighted by atomic mass is 32.1. The fourth-order valence-corrected chi connectivity index (χ4v) is 12.3. The Morgan fingerprint density at radius 3 is 1.31 bits per heavy atom. The number of nitrogens with one attached hydrogen (secondary N) is 2. The fourth-order valence-electron chi connectivity index (χ4n) is 11.0. The van der Waals surface area contributed by atoms with Crippen molar-refractivity contribution in [3.05, 3.63) is 93.3 Å². The summed E-state index contributed by atoms with van der Waals surface area (Å²) in [6.45, 7) is 0. The first-order valence-electron chi connectivity index (χ1n) is 19.7. The van der Waals surface area contributed by atoms with E-state index in [9.17, 15) is 9.59 Å². The monoisotopic (exact) mass is 732 g/mol. The maximum Gasteiger partial charge on any atom is 0.225 e. The molecule has 4 unspecified atom stereocenters. The number of benzene rings is 2. The van der Waals surface area contributed by atoms with Gasteiger partial charge in [-0.15, -0.1) is 0 Å². The Kier molecular flexibility index (Phi) is 9.61. The van der Waals surface area contributed by atoms with Gasteiger partial charge < -0.3 is 10.6 Å². The molecule has 4 bridgehead atoms. The van der Waals surface area contributed by atoms with E-state index in [-0.39, 0.29) is 47.6 Å². The van der Waals surface area contributed by atoms with E-state index >= 15 is 0 Å². The van der Waals surface area contributed by atoms with Crippen LogP contribution in [0.15, 0.2) is 82.2 Å². The van der Waals surface area contributed by atoms with Gasteiger partial charge in [-0.3, -0.25) is 19.4 Å². The summed E-state index contributed by atoms with van der Waals surface area (Å²) in [4.78, 5) is 33.5. The molecule has 52 heavy (non-hydrogen) atoms. The van der Waals surface area contributed by atoms with E-state index in [0.29, 0.717) is 24.2 Å². The van der Waals surface area contributed by atoms with Crippen molar-refractivity contribution in [2.45, 2.75) is 112 Å². The third-order valence-electron chi connectivity index (χ3n) is 13.9. The number of carbonyl (C=O) groups excluding carboxylic acids is 2. The van der Waals surface area contributed by atoms with Gasteiger partial charge in [0, 0.05) is 36.3 Å². The zero-order chi connectivity index (χ0) is 35.3. The van der Waals surface area contributed by atoms with Gasteiger partial charge >= 0.3 is 0 Å². The number of carbonyl (C=O) groups is 2. The van der Waals surface area contributed by atoms with Gasteiger partial charge in [-0.1, -0.05) is 48.5 Å². The fraction of sp³-hybridized carbons (Fsp3) is 0.500. The quantitative estimate of drug-likeness (QED) is 0.191. The molecule has 0 spiro atoms. The van der Waals surface area contributed by atoms with Gasteiger partial charge in [0.1, 0.15) is 0 Å². The summed E-state index contributed by atoms with van der Waals surface area (Å²) >= 11 is 3.45. The summed E-state index contributed by atoms with van der Waals surface area (Å²) in [5.41, 5.74) is 7.61. The smallest absolute Gasteiger partial charge is 0.225 e. The van der Waals surface area contributed by atoms with Crippen LogP contribution in [0.3, 0.4) is 0 Å². The SMILES string of the molecule is CN1C2CCC1[C@@H](C(=O)NC1CCC(NC(=O)[C@H]3C4CCC(C[C@@H]3c3ccc(-c5ccsc5)cc3)N4C)CC1)[C@@H](c1ccc(-c3ccsc3)cc1)C2. The minimum atomic E-state index is -0.0389. The highest BCUT2D eigenvalue weighted by Gasteiger charge is 2.51. The predicted molar refractivity (Wildman–Crippen MR) is 213 cm³/mol. The Balaban J connectivity index is 0.842.